The second-order valence-corrected chi connectivity index (χ2v) is 15.8. The van der Waals surface area contributed by atoms with Crippen molar-refractivity contribution in [2.45, 2.75) is 180 Å². The number of esters is 2. The number of allylic oxidation sites excluding steroid dienone is 12. The van der Waals surface area contributed by atoms with Crippen LogP contribution in [0.3, 0.4) is 0 Å². The average Bonchev–Trinajstić information content (AvgIpc) is 3.20. The third kappa shape index (κ3) is 41.4. The summed E-state index contributed by atoms with van der Waals surface area (Å²) in [5, 5.41) is 18.3. The zero-order valence-electron chi connectivity index (χ0n) is 35.5. The third-order valence-electron chi connectivity index (χ3n) is 8.84. The van der Waals surface area contributed by atoms with Crippen molar-refractivity contribution in [1.29, 1.82) is 0 Å². The molecule has 0 rings (SSSR count). The topological polar surface area (TPSA) is 149 Å². The number of unbranched alkanes of at least 4 members (excludes halogenated alkanes) is 14. The molecule has 10 nitrogen and oxygen atoms in total. The number of phosphoric ester groups is 1. The quantitative estimate of drug-likeness (QED) is 0.0236. The van der Waals surface area contributed by atoms with Gasteiger partial charge in [-0.3, -0.25) is 18.6 Å². The highest BCUT2D eigenvalue weighted by Gasteiger charge is 2.27. The van der Waals surface area contributed by atoms with E-state index in [-0.39, 0.29) is 19.4 Å². The lowest BCUT2D eigenvalue weighted by Crippen LogP contribution is -2.29. The zero-order chi connectivity index (χ0) is 41.9. The van der Waals surface area contributed by atoms with Gasteiger partial charge >= 0.3 is 19.8 Å². The third-order valence-corrected chi connectivity index (χ3v) is 9.80. The fraction of sp³-hybridized carbons (Fsp3) is 0.696. The van der Waals surface area contributed by atoms with Crippen LogP contribution in [-0.4, -0.2) is 65.7 Å². The Labute approximate surface area is 346 Å². The zero-order valence-corrected chi connectivity index (χ0v) is 36.4. The van der Waals surface area contributed by atoms with Gasteiger partial charge < -0.3 is 24.6 Å². The van der Waals surface area contributed by atoms with Crippen LogP contribution in [0.2, 0.25) is 0 Å². The largest absolute Gasteiger partial charge is 0.472 e. The van der Waals surface area contributed by atoms with E-state index in [1.54, 1.807) is 0 Å². The fourth-order valence-electron chi connectivity index (χ4n) is 5.48. The second kappa shape index (κ2) is 41.6. The molecule has 11 heteroatoms. The minimum Gasteiger partial charge on any atom is -0.462 e. The van der Waals surface area contributed by atoms with Gasteiger partial charge in [0.2, 0.25) is 0 Å². The molecule has 0 aliphatic heterocycles. The Hall–Kier alpha value is -2.59. The predicted molar refractivity (Wildman–Crippen MR) is 233 cm³/mol. The number of hydrogen-bond acceptors (Lipinski definition) is 9. The number of hydrogen-bond donors (Lipinski definition) is 3. The lowest BCUT2D eigenvalue weighted by molar-refractivity contribution is -0.161. The maximum absolute atomic E-state index is 12.6. The molecule has 0 saturated heterocycles. The van der Waals surface area contributed by atoms with Crippen LogP contribution in [0.5, 0.6) is 0 Å². The first kappa shape index (κ1) is 54.4. The molecule has 0 heterocycles. The minimum atomic E-state index is -4.63. The molecule has 3 N–H and O–H groups in total. The number of rotatable bonds is 40. The number of phosphoric acid groups is 1. The monoisotopic (exact) mass is 823 g/mol. The Morgan fingerprint density at radius 2 is 0.965 bits per heavy atom. The molecule has 0 aromatic rings. The molecule has 3 atom stereocenters. The second-order valence-electron chi connectivity index (χ2n) is 14.3. The first-order valence-electron chi connectivity index (χ1n) is 21.9. The van der Waals surface area contributed by atoms with Gasteiger partial charge in [-0.2, -0.15) is 0 Å². The molecule has 0 spiro atoms. The number of ether oxygens (including phenoxy) is 2. The number of aliphatic hydroxyl groups excluding tert-OH is 2. The van der Waals surface area contributed by atoms with E-state index < -0.39 is 51.8 Å². The van der Waals surface area contributed by atoms with Crippen molar-refractivity contribution in [2.24, 2.45) is 0 Å². The summed E-state index contributed by atoms with van der Waals surface area (Å²) in [7, 11) is -4.63. The van der Waals surface area contributed by atoms with Crippen LogP contribution >= 0.6 is 7.82 Å². The van der Waals surface area contributed by atoms with Crippen LogP contribution in [0.1, 0.15) is 168 Å². The van der Waals surface area contributed by atoms with Crippen LogP contribution in [0.4, 0.5) is 0 Å². The van der Waals surface area contributed by atoms with Crippen LogP contribution in [0, 0.1) is 0 Å². The molecule has 328 valence electrons. The Balaban J connectivity index is 4.36. The number of carbonyl (C=O) groups is 2. The highest BCUT2D eigenvalue weighted by Crippen LogP contribution is 2.43. The summed E-state index contributed by atoms with van der Waals surface area (Å²) in [6, 6.07) is 0. The van der Waals surface area contributed by atoms with E-state index in [1.807, 2.05) is 0 Å². The Kier molecular flexibility index (Phi) is 39.7. The van der Waals surface area contributed by atoms with Crippen molar-refractivity contribution in [2.75, 3.05) is 26.4 Å². The van der Waals surface area contributed by atoms with E-state index in [0.717, 1.165) is 83.5 Å². The number of aliphatic hydroxyl groups is 2. The smallest absolute Gasteiger partial charge is 0.462 e. The SMILES string of the molecule is CC/C=C\C/C=C\C/C=C\C/C=C\CCCCCCC(=O)OC(COC(=O)CCCCCCCCC/C=C\C/C=C\CCCCC)COP(=O)(O)OCC(O)CO. The molecule has 0 aromatic heterocycles. The van der Waals surface area contributed by atoms with Gasteiger partial charge in [-0.1, -0.05) is 145 Å². The summed E-state index contributed by atoms with van der Waals surface area (Å²) in [6.45, 7) is 2.19. The summed E-state index contributed by atoms with van der Waals surface area (Å²) in [4.78, 5) is 35.0. The highest BCUT2D eigenvalue weighted by molar-refractivity contribution is 7.47. The Morgan fingerprint density at radius 1 is 0.544 bits per heavy atom. The van der Waals surface area contributed by atoms with Crippen LogP contribution < -0.4 is 0 Å². The van der Waals surface area contributed by atoms with Crippen LogP contribution in [0.15, 0.2) is 72.9 Å². The summed E-state index contributed by atoms with van der Waals surface area (Å²) < 4.78 is 32.7. The summed E-state index contributed by atoms with van der Waals surface area (Å²) in [5.74, 6) is -0.967. The maximum Gasteiger partial charge on any atom is 0.472 e. The van der Waals surface area contributed by atoms with Gasteiger partial charge in [0.05, 0.1) is 19.8 Å². The highest BCUT2D eigenvalue weighted by atomic mass is 31.2. The molecule has 0 bridgehead atoms. The summed E-state index contributed by atoms with van der Waals surface area (Å²) in [6.07, 6.45) is 47.2. The Bertz CT molecular complexity index is 1180. The van der Waals surface area contributed by atoms with Crippen molar-refractivity contribution < 1.29 is 47.8 Å². The van der Waals surface area contributed by atoms with E-state index in [1.165, 1.54) is 44.9 Å². The molecule has 0 amide bonds. The molecule has 0 aliphatic rings. The normalized spacial score (nSPS) is 14.5. The van der Waals surface area contributed by atoms with E-state index in [9.17, 15) is 24.2 Å². The van der Waals surface area contributed by atoms with Crippen LogP contribution in [-0.2, 0) is 32.7 Å². The molecular formula is C46H79O10P. The predicted octanol–water partition coefficient (Wildman–Crippen LogP) is 11.7. The minimum absolute atomic E-state index is 0.151. The molecule has 0 fully saturated rings. The first-order chi connectivity index (χ1) is 27.7. The maximum atomic E-state index is 12.6. The van der Waals surface area contributed by atoms with E-state index in [4.69, 9.17) is 19.1 Å². The molecule has 57 heavy (non-hydrogen) atoms. The molecule has 0 saturated carbocycles. The van der Waals surface area contributed by atoms with Gasteiger partial charge in [-0.25, -0.2) is 4.57 Å². The van der Waals surface area contributed by atoms with Crippen molar-refractivity contribution in [1.82, 2.24) is 0 Å². The molecular weight excluding hydrogens is 743 g/mol. The van der Waals surface area contributed by atoms with Crippen molar-refractivity contribution in [3.05, 3.63) is 72.9 Å². The Morgan fingerprint density at radius 3 is 1.46 bits per heavy atom. The summed E-state index contributed by atoms with van der Waals surface area (Å²) >= 11 is 0. The van der Waals surface area contributed by atoms with Gasteiger partial charge in [0.1, 0.15) is 12.7 Å². The molecule has 3 unspecified atom stereocenters. The lowest BCUT2D eigenvalue weighted by Gasteiger charge is -2.20. The van der Waals surface area contributed by atoms with E-state index in [0.29, 0.717) is 12.8 Å². The van der Waals surface area contributed by atoms with Crippen molar-refractivity contribution in [3.63, 3.8) is 0 Å². The van der Waals surface area contributed by atoms with Crippen molar-refractivity contribution >= 4 is 19.8 Å². The molecule has 0 radical (unpaired) electrons. The van der Waals surface area contributed by atoms with Crippen molar-refractivity contribution in [3.8, 4) is 0 Å². The fourth-order valence-corrected chi connectivity index (χ4v) is 6.27. The lowest BCUT2D eigenvalue weighted by atomic mass is 10.1. The van der Waals surface area contributed by atoms with Gasteiger partial charge in [-0.05, 0) is 83.5 Å². The first-order valence-corrected chi connectivity index (χ1v) is 23.4. The molecule has 0 aliphatic carbocycles. The van der Waals surface area contributed by atoms with Gasteiger partial charge in [0, 0.05) is 12.8 Å². The van der Waals surface area contributed by atoms with Gasteiger partial charge in [0.25, 0.3) is 0 Å². The van der Waals surface area contributed by atoms with E-state index in [2.05, 4.69) is 91.3 Å². The van der Waals surface area contributed by atoms with E-state index >= 15 is 0 Å². The standard InChI is InChI=1S/C46H79O10P/c1-3-5-7-9-11-13-15-17-19-21-23-25-27-29-31-33-35-37-45(49)53-41-44(42-55-57(51,52)54-40-43(48)39-47)56-46(50)38-36-34-32-30-28-26-24-22-20-18-16-14-12-10-8-6-4-2/h6,8,11-14,17-20,24,26,43-44,47-48H,3-5,7,9-10,15-16,21-23,25,27-42H2,1-2H3,(H,51,52)/b8-6-,13-11-,14-12-,19-17-,20-18-,26-24-. The molecule has 0 aromatic carbocycles. The number of carbonyl (C=O) groups excluding carboxylic acids is 2. The average molecular weight is 823 g/mol. The van der Waals surface area contributed by atoms with Crippen LogP contribution in [0.25, 0.3) is 0 Å². The summed E-state index contributed by atoms with van der Waals surface area (Å²) in [5.41, 5.74) is 0. The van der Waals surface area contributed by atoms with Gasteiger partial charge in [-0.15, -0.1) is 0 Å². The van der Waals surface area contributed by atoms with Gasteiger partial charge in [0.15, 0.2) is 6.10 Å².